The molecule has 2 aromatic rings. The van der Waals surface area contributed by atoms with E-state index in [4.69, 9.17) is 0 Å². The second kappa shape index (κ2) is 5.17. The maximum atomic E-state index is 4.52. The van der Waals surface area contributed by atoms with Crippen molar-refractivity contribution in [3.05, 3.63) is 36.2 Å². The highest BCUT2D eigenvalue weighted by atomic mass is 15.2. The molecule has 3 rings (SSSR count). The molecule has 1 aromatic carbocycles. The molecule has 0 amide bonds. The molecule has 19 heavy (non-hydrogen) atoms. The lowest BCUT2D eigenvalue weighted by molar-refractivity contribution is 0.589. The zero-order valence-corrected chi connectivity index (χ0v) is 11.7. The Hall–Kier alpha value is -1.61. The Morgan fingerprint density at radius 1 is 1.11 bits per heavy atom. The number of hydrogen-bond acceptors (Lipinski definition) is 3. The van der Waals surface area contributed by atoms with Crippen LogP contribution in [0.5, 0.6) is 0 Å². The van der Waals surface area contributed by atoms with Crippen molar-refractivity contribution in [1.82, 2.24) is 10.3 Å². The first-order valence-electron chi connectivity index (χ1n) is 7.09. The predicted octanol–water partition coefficient (Wildman–Crippen LogP) is 2.77. The van der Waals surface area contributed by atoms with Crippen LogP contribution in [0.15, 0.2) is 30.5 Å². The third kappa shape index (κ3) is 2.56. The number of rotatable bonds is 2. The van der Waals surface area contributed by atoms with E-state index >= 15 is 0 Å². The number of nitrogens with zero attached hydrogens (tertiary/aromatic N) is 2. The Kier molecular flexibility index (Phi) is 3.38. The third-order valence-corrected chi connectivity index (χ3v) is 3.80. The van der Waals surface area contributed by atoms with E-state index in [1.54, 1.807) is 0 Å². The van der Waals surface area contributed by atoms with Gasteiger partial charge in [0.05, 0.1) is 0 Å². The maximum absolute atomic E-state index is 4.52. The van der Waals surface area contributed by atoms with Crippen LogP contribution in [0.25, 0.3) is 10.8 Å². The molecule has 3 heteroatoms. The summed E-state index contributed by atoms with van der Waals surface area (Å²) in [5, 5.41) is 5.92. The Balaban J connectivity index is 1.98. The van der Waals surface area contributed by atoms with E-state index < -0.39 is 0 Å². The van der Waals surface area contributed by atoms with E-state index in [0.717, 1.165) is 26.2 Å². The van der Waals surface area contributed by atoms with E-state index in [1.165, 1.54) is 22.2 Å². The van der Waals surface area contributed by atoms with Gasteiger partial charge in [0.2, 0.25) is 0 Å². The van der Waals surface area contributed by atoms with Gasteiger partial charge in [0.1, 0.15) is 0 Å². The van der Waals surface area contributed by atoms with Crippen molar-refractivity contribution >= 4 is 16.5 Å². The fourth-order valence-electron chi connectivity index (χ4n) is 2.58. The van der Waals surface area contributed by atoms with Gasteiger partial charge in [-0.1, -0.05) is 19.9 Å². The summed E-state index contributed by atoms with van der Waals surface area (Å²) >= 11 is 0. The van der Waals surface area contributed by atoms with Crippen LogP contribution in [0.4, 0.5) is 5.69 Å². The summed E-state index contributed by atoms with van der Waals surface area (Å²) in [6, 6.07) is 8.92. The minimum absolute atomic E-state index is 0.479. The Morgan fingerprint density at radius 2 is 1.89 bits per heavy atom. The molecular weight excluding hydrogens is 234 g/mol. The zero-order valence-electron chi connectivity index (χ0n) is 11.7. The average Bonchev–Trinajstić information content (AvgIpc) is 2.47. The smallest absolute Gasteiger partial charge is 0.0435 e. The van der Waals surface area contributed by atoms with E-state index in [9.17, 15) is 0 Å². The van der Waals surface area contributed by atoms with Gasteiger partial charge in [0.15, 0.2) is 0 Å². The second-order valence-corrected chi connectivity index (χ2v) is 5.53. The van der Waals surface area contributed by atoms with Crippen LogP contribution in [0.1, 0.15) is 25.5 Å². The molecule has 0 radical (unpaired) electrons. The summed E-state index contributed by atoms with van der Waals surface area (Å²) in [7, 11) is 0. The molecule has 1 aromatic heterocycles. The summed E-state index contributed by atoms with van der Waals surface area (Å²) in [5.74, 6) is 0.479. The molecule has 1 saturated heterocycles. The van der Waals surface area contributed by atoms with Crippen molar-refractivity contribution < 1.29 is 0 Å². The Bertz CT molecular complexity index is 571. The molecule has 3 nitrogen and oxygen atoms in total. The molecule has 0 bridgehead atoms. The molecule has 0 atom stereocenters. The summed E-state index contributed by atoms with van der Waals surface area (Å²) < 4.78 is 0. The first-order chi connectivity index (χ1) is 9.24. The molecule has 2 heterocycles. The number of aromatic nitrogens is 1. The molecule has 1 N–H and O–H groups in total. The van der Waals surface area contributed by atoms with E-state index in [2.05, 4.69) is 53.3 Å². The predicted molar refractivity (Wildman–Crippen MR) is 80.9 cm³/mol. The molecule has 0 saturated carbocycles. The van der Waals surface area contributed by atoms with Crippen LogP contribution in [-0.4, -0.2) is 31.2 Å². The van der Waals surface area contributed by atoms with Crippen LogP contribution < -0.4 is 10.2 Å². The van der Waals surface area contributed by atoms with E-state index in [1.807, 2.05) is 6.20 Å². The van der Waals surface area contributed by atoms with Gasteiger partial charge in [-0.25, -0.2) is 0 Å². The average molecular weight is 255 g/mol. The highest BCUT2D eigenvalue weighted by Gasteiger charge is 2.11. The minimum atomic E-state index is 0.479. The topological polar surface area (TPSA) is 28.2 Å². The Labute approximate surface area is 114 Å². The maximum Gasteiger partial charge on any atom is 0.0435 e. The van der Waals surface area contributed by atoms with Crippen molar-refractivity contribution in [2.24, 2.45) is 0 Å². The van der Waals surface area contributed by atoms with E-state index in [-0.39, 0.29) is 0 Å². The molecule has 0 spiro atoms. The van der Waals surface area contributed by atoms with Crippen molar-refractivity contribution in [1.29, 1.82) is 0 Å². The molecule has 0 aliphatic carbocycles. The standard InChI is InChI=1S/C16H21N3/c1-12(2)16-10-14-9-15(4-3-13(14)11-18-16)19-7-5-17-6-8-19/h3-4,9-12,17H,5-8H2,1-2H3. The number of anilines is 1. The number of fused-ring (bicyclic) bond motifs is 1. The number of hydrogen-bond donors (Lipinski definition) is 1. The molecule has 0 unspecified atom stereocenters. The first-order valence-corrected chi connectivity index (χ1v) is 7.09. The van der Waals surface area contributed by atoms with Gasteiger partial charge in [-0.05, 0) is 29.5 Å². The van der Waals surface area contributed by atoms with Crippen LogP contribution >= 0.6 is 0 Å². The highest BCUT2D eigenvalue weighted by molar-refractivity contribution is 5.85. The molecule has 1 aliphatic heterocycles. The number of benzene rings is 1. The highest BCUT2D eigenvalue weighted by Crippen LogP contribution is 2.24. The summed E-state index contributed by atoms with van der Waals surface area (Å²) in [6.07, 6.45) is 1.99. The lowest BCUT2D eigenvalue weighted by Crippen LogP contribution is -2.43. The fourth-order valence-corrected chi connectivity index (χ4v) is 2.58. The molecule has 1 aliphatic rings. The first kappa shape index (κ1) is 12.4. The third-order valence-electron chi connectivity index (χ3n) is 3.80. The van der Waals surface area contributed by atoms with Crippen molar-refractivity contribution in [3.63, 3.8) is 0 Å². The minimum Gasteiger partial charge on any atom is -0.369 e. The van der Waals surface area contributed by atoms with Crippen LogP contribution in [0.2, 0.25) is 0 Å². The number of piperazine rings is 1. The van der Waals surface area contributed by atoms with Crippen molar-refractivity contribution in [3.8, 4) is 0 Å². The number of pyridine rings is 1. The SMILES string of the molecule is CC(C)c1cc2cc(N3CCNCC3)ccc2cn1. The van der Waals surface area contributed by atoms with Gasteiger partial charge in [0.25, 0.3) is 0 Å². The van der Waals surface area contributed by atoms with Gasteiger partial charge >= 0.3 is 0 Å². The van der Waals surface area contributed by atoms with Gasteiger partial charge < -0.3 is 10.2 Å². The normalized spacial score (nSPS) is 16.3. The lowest BCUT2D eigenvalue weighted by atomic mass is 10.1. The quantitative estimate of drug-likeness (QED) is 0.894. The molecule has 100 valence electrons. The van der Waals surface area contributed by atoms with Crippen LogP contribution in [0, 0.1) is 0 Å². The fraction of sp³-hybridized carbons (Fsp3) is 0.438. The van der Waals surface area contributed by atoms with Gasteiger partial charge in [-0.2, -0.15) is 0 Å². The van der Waals surface area contributed by atoms with Gasteiger partial charge in [-0.15, -0.1) is 0 Å². The summed E-state index contributed by atoms with van der Waals surface area (Å²) in [4.78, 5) is 6.97. The van der Waals surface area contributed by atoms with Crippen LogP contribution in [0.3, 0.4) is 0 Å². The monoisotopic (exact) mass is 255 g/mol. The Morgan fingerprint density at radius 3 is 2.63 bits per heavy atom. The number of nitrogens with one attached hydrogen (secondary N) is 1. The van der Waals surface area contributed by atoms with E-state index in [0.29, 0.717) is 5.92 Å². The summed E-state index contributed by atoms with van der Waals surface area (Å²) in [5.41, 5.74) is 2.50. The van der Waals surface area contributed by atoms with Gasteiger partial charge in [0, 0.05) is 49.1 Å². The van der Waals surface area contributed by atoms with Crippen LogP contribution in [-0.2, 0) is 0 Å². The zero-order chi connectivity index (χ0) is 13.2. The summed E-state index contributed by atoms with van der Waals surface area (Å²) in [6.45, 7) is 8.71. The van der Waals surface area contributed by atoms with Crippen molar-refractivity contribution in [2.75, 3.05) is 31.1 Å². The molecule has 1 fully saturated rings. The lowest BCUT2D eigenvalue weighted by Gasteiger charge is -2.29. The largest absolute Gasteiger partial charge is 0.369 e. The molecular formula is C16H21N3. The van der Waals surface area contributed by atoms with Crippen molar-refractivity contribution in [2.45, 2.75) is 19.8 Å². The van der Waals surface area contributed by atoms with Gasteiger partial charge in [-0.3, -0.25) is 4.98 Å². The second-order valence-electron chi connectivity index (χ2n) is 5.53.